The number of hydrogen-bond acceptors (Lipinski definition) is 7. The summed E-state index contributed by atoms with van der Waals surface area (Å²) in [4.78, 5) is 11.9. The molecule has 7 heteroatoms. The smallest absolute Gasteiger partial charge is 0.332 e. The van der Waals surface area contributed by atoms with Crippen LogP contribution in [0.2, 0.25) is 0 Å². The van der Waals surface area contributed by atoms with E-state index in [4.69, 9.17) is 14.2 Å². The molecule has 0 aromatic carbocycles. The van der Waals surface area contributed by atoms with E-state index in [1.165, 1.54) is 26.4 Å². The fourth-order valence-electron chi connectivity index (χ4n) is 1.65. The topological polar surface area (TPSA) is 72.4 Å². The molecule has 0 aromatic rings. The van der Waals surface area contributed by atoms with Crippen LogP contribution in [0.15, 0.2) is 17.1 Å². The molecule has 0 bridgehead atoms. The lowest BCUT2D eigenvalue weighted by molar-refractivity contribution is -0.149. The van der Waals surface area contributed by atoms with E-state index < -0.39 is 6.04 Å². The average molecular weight is 271 g/mol. The van der Waals surface area contributed by atoms with E-state index in [0.29, 0.717) is 24.1 Å². The molecule has 0 amide bonds. The van der Waals surface area contributed by atoms with Gasteiger partial charge in [-0.25, -0.2) is 4.79 Å². The first kappa shape index (κ1) is 15.1. The lowest BCUT2D eigenvalue weighted by atomic mass is 10.0. The highest BCUT2D eigenvalue weighted by Gasteiger charge is 2.30. The van der Waals surface area contributed by atoms with Crippen molar-refractivity contribution in [2.75, 3.05) is 21.3 Å². The Balaban J connectivity index is 2.93. The molecule has 1 atom stereocenters. The van der Waals surface area contributed by atoms with Crippen LogP contribution < -0.4 is 5.43 Å². The van der Waals surface area contributed by atoms with Crippen LogP contribution in [-0.2, 0) is 19.0 Å². The van der Waals surface area contributed by atoms with Gasteiger partial charge in [-0.15, -0.1) is 5.10 Å². The molecule has 1 heterocycles. The summed E-state index contributed by atoms with van der Waals surface area (Å²) in [5.74, 6) is 0.750. The summed E-state index contributed by atoms with van der Waals surface area (Å²) in [6.07, 6.45) is 2.19. The summed E-state index contributed by atoms with van der Waals surface area (Å²) >= 11 is 0. The van der Waals surface area contributed by atoms with Crippen LogP contribution in [0.5, 0.6) is 0 Å². The van der Waals surface area contributed by atoms with Crippen LogP contribution in [0.3, 0.4) is 0 Å². The van der Waals surface area contributed by atoms with Crippen molar-refractivity contribution in [2.24, 2.45) is 11.0 Å². The molecule has 0 aliphatic carbocycles. The summed E-state index contributed by atoms with van der Waals surface area (Å²) in [5.41, 5.74) is 2.89. The van der Waals surface area contributed by atoms with Gasteiger partial charge in [0.15, 0.2) is 6.04 Å². The van der Waals surface area contributed by atoms with Gasteiger partial charge >= 0.3 is 5.97 Å². The molecule has 0 saturated heterocycles. The number of nitrogens with one attached hydrogen (secondary N) is 1. The molecular weight excluding hydrogens is 250 g/mol. The Hall–Kier alpha value is -1.92. The minimum absolute atomic E-state index is 0.309. The van der Waals surface area contributed by atoms with Gasteiger partial charge in [0.05, 0.1) is 27.4 Å². The predicted octanol–water partition coefficient (Wildman–Crippen LogP) is 0.842. The third kappa shape index (κ3) is 4.04. The van der Waals surface area contributed by atoms with E-state index >= 15 is 0 Å². The normalized spacial score (nSPS) is 16.2. The summed E-state index contributed by atoms with van der Waals surface area (Å²) in [7, 11) is 4.38. The van der Waals surface area contributed by atoms with Gasteiger partial charge in [0.1, 0.15) is 0 Å². The molecule has 1 rings (SSSR count). The van der Waals surface area contributed by atoms with Crippen LogP contribution in [0.1, 0.15) is 20.3 Å². The van der Waals surface area contributed by atoms with Crippen LogP contribution in [0.25, 0.3) is 0 Å². The Kier molecular flexibility index (Phi) is 5.47. The van der Waals surface area contributed by atoms with Crippen molar-refractivity contribution in [3.63, 3.8) is 0 Å². The van der Waals surface area contributed by atoms with Crippen molar-refractivity contribution in [2.45, 2.75) is 26.3 Å². The number of rotatable bonds is 5. The molecule has 1 aliphatic rings. The van der Waals surface area contributed by atoms with Crippen LogP contribution >= 0.6 is 0 Å². The molecule has 0 saturated carbocycles. The molecule has 1 unspecified atom stereocenters. The molecule has 0 aromatic heterocycles. The van der Waals surface area contributed by atoms with Gasteiger partial charge in [-0.1, -0.05) is 13.8 Å². The van der Waals surface area contributed by atoms with Crippen molar-refractivity contribution < 1.29 is 19.0 Å². The zero-order chi connectivity index (χ0) is 14.4. The average Bonchev–Trinajstić information content (AvgIpc) is 2.42. The molecule has 19 heavy (non-hydrogen) atoms. The largest absolute Gasteiger partial charge is 0.481 e. The zero-order valence-electron chi connectivity index (χ0n) is 12.0. The number of ether oxygens (including phenoxy) is 3. The van der Waals surface area contributed by atoms with Crippen LogP contribution in [0, 0.1) is 5.92 Å². The minimum atomic E-state index is -0.547. The Labute approximate surface area is 113 Å². The summed E-state index contributed by atoms with van der Waals surface area (Å²) in [5, 5.41) is 5.59. The van der Waals surface area contributed by atoms with Gasteiger partial charge in [-0.3, -0.25) is 5.43 Å². The van der Waals surface area contributed by atoms with Crippen LogP contribution in [-0.4, -0.2) is 44.4 Å². The maximum atomic E-state index is 11.9. The third-order valence-electron chi connectivity index (χ3n) is 2.58. The first-order chi connectivity index (χ1) is 9.01. The quantitative estimate of drug-likeness (QED) is 0.747. The minimum Gasteiger partial charge on any atom is -0.481 e. The number of hydrogen-bond donors (Lipinski definition) is 1. The molecule has 1 N–H and O–H groups in total. The van der Waals surface area contributed by atoms with Gasteiger partial charge in [0, 0.05) is 0 Å². The summed E-state index contributed by atoms with van der Waals surface area (Å²) in [6.45, 7) is 4.04. The van der Waals surface area contributed by atoms with Crippen molar-refractivity contribution in [1.29, 1.82) is 0 Å². The van der Waals surface area contributed by atoms with Gasteiger partial charge in [0.25, 0.3) is 0 Å². The first-order valence-corrected chi connectivity index (χ1v) is 6.03. The van der Waals surface area contributed by atoms with Crippen molar-refractivity contribution in [1.82, 2.24) is 10.5 Å². The van der Waals surface area contributed by atoms with Gasteiger partial charge < -0.3 is 14.2 Å². The van der Waals surface area contributed by atoms with Gasteiger partial charge in [-0.05, 0) is 12.3 Å². The molecule has 0 fully saturated rings. The number of esters is 1. The fraction of sp³-hybridized carbons (Fsp3) is 0.667. The molecule has 7 nitrogen and oxygen atoms in total. The maximum absolute atomic E-state index is 11.9. The summed E-state index contributed by atoms with van der Waals surface area (Å²) < 4.78 is 15.0. The Morgan fingerprint density at radius 3 is 2.53 bits per heavy atom. The molecule has 0 radical (unpaired) electrons. The Bertz CT molecular complexity index is 379. The summed E-state index contributed by atoms with van der Waals surface area (Å²) in [6, 6.07) is -0.547. The molecule has 0 spiro atoms. The Morgan fingerprint density at radius 1 is 1.37 bits per heavy atom. The lowest BCUT2D eigenvalue weighted by Gasteiger charge is -2.31. The van der Waals surface area contributed by atoms with E-state index in [9.17, 15) is 4.79 Å². The zero-order valence-corrected chi connectivity index (χ0v) is 12.0. The van der Waals surface area contributed by atoms with Crippen molar-refractivity contribution in [3.05, 3.63) is 12.0 Å². The van der Waals surface area contributed by atoms with E-state index in [1.54, 1.807) is 6.08 Å². The highest BCUT2D eigenvalue weighted by atomic mass is 16.5. The van der Waals surface area contributed by atoms with Gasteiger partial charge in [-0.2, -0.15) is 5.12 Å². The number of hydrazone groups is 1. The van der Waals surface area contributed by atoms with E-state index in [2.05, 4.69) is 10.5 Å². The second-order valence-corrected chi connectivity index (χ2v) is 4.48. The number of carbonyl (C=O) groups is 1. The highest BCUT2D eigenvalue weighted by molar-refractivity contribution is 5.88. The standard InChI is InChI=1S/C12H21N3O4/c1-8(2)6-9(12(16)19-5)15-13-10(17-3)7-11(14-15)18-4/h7-9,13H,6H2,1-5H3. The van der Waals surface area contributed by atoms with Gasteiger partial charge in [0.2, 0.25) is 11.8 Å². The van der Waals surface area contributed by atoms with Crippen molar-refractivity contribution in [3.8, 4) is 0 Å². The second-order valence-electron chi connectivity index (χ2n) is 4.48. The van der Waals surface area contributed by atoms with E-state index in [1.807, 2.05) is 13.8 Å². The maximum Gasteiger partial charge on any atom is 0.332 e. The van der Waals surface area contributed by atoms with E-state index in [0.717, 1.165) is 0 Å². The fourth-order valence-corrected chi connectivity index (χ4v) is 1.65. The number of nitrogens with zero attached hydrogens (tertiary/aromatic N) is 2. The monoisotopic (exact) mass is 271 g/mol. The second kappa shape index (κ2) is 6.86. The van der Waals surface area contributed by atoms with Crippen molar-refractivity contribution >= 4 is 11.9 Å². The SMILES string of the molecule is COC(=O)C(CC(C)C)N1N=C(OC)C=C(OC)N1. The van der Waals surface area contributed by atoms with E-state index in [-0.39, 0.29) is 5.97 Å². The predicted molar refractivity (Wildman–Crippen MR) is 69.8 cm³/mol. The Morgan fingerprint density at radius 2 is 2.05 bits per heavy atom. The number of hydrazine groups is 1. The molecule has 1 aliphatic heterocycles. The molecule has 108 valence electrons. The highest BCUT2D eigenvalue weighted by Crippen LogP contribution is 2.15. The van der Waals surface area contributed by atoms with Crippen LogP contribution in [0.4, 0.5) is 0 Å². The number of carbonyl (C=O) groups excluding carboxylic acids is 1. The first-order valence-electron chi connectivity index (χ1n) is 6.03. The lowest BCUT2D eigenvalue weighted by Crippen LogP contribution is -2.49. The third-order valence-corrected chi connectivity index (χ3v) is 2.58. The molecular formula is C12H21N3O4. The number of methoxy groups -OCH3 is 3.